The van der Waals surface area contributed by atoms with E-state index in [1.165, 1.54) is 30.3 Å². The van der Waals surface area contributed by atoms with Gasteiger partial charge in [0.25, 0.3) is 5.91 Å². The lowest BCUT2D eigenvalue weighted by Gasteiger charge is -2.18. The smallest absolute Gasteiger partial charge is 0.251 e. The molecular weight excluding hydrogens is 385 g/mol. The SMILES string of the molecule is N#CCNC(=O)C(CS(=O)(=O)Cc1ccccc1F)NC(=O)c1ccccc1. The number of carbonyl (C=O) groups excluding carboxylic acids is 2. The largest absolute Gasteiger partial charge is 0.341 e. The zero-order chi connectivity index (χ0) is 20.6. The highest BCUT2D eigenvalue weighted by atomic mass is 32.2. The number of nitrogens with one attached hydrogen (secondary N) is 2. The average Bonchev–Trinajstić information content (AvgIpc) is 2.67. The third-order valence-corrected chi connectivity index (χ3v) is 5.35. The van der Waals surface area contributed by atoms with Crippen LogP contribution in [0.5, 0.6) is 0 Å². The van der Waals surface area contributed by atoms with Gasteiger partial charge in [0.2, 0.25) is 5.91 Å². The van der Waals surface area contributed by atoms with Crippen molar-refractivity contribution in [3.8, 4) is 6.07 Å². The standard InChI is InChI=1S/C19H18FN3O4S/c20-16-9-5-4-8-15(16)12-28(26,27)13-17(19(25)22-11-10-21)23-18(24)14-6-2-1-3-7-14/h1-9,17H,11-13H2,(H,22,25)(H,23,24). The molecule has 28 heavy (non-hydrogen) atoms. The highest BCUT2D eigenvalue weighted by Crippen LogP contribution is 2.12. The van der Waals surface area contributed by atoms with E-state index in [0.29, 0.717) is 0 Å². The molecule has 9 heteroatoms. The van der Waals surface area contributed by atoms with Gasteiger partial charge >= 0.3 is 0 Å². The summed E-state index contributed by atoms with van der Waals surface area (Å²) in [6.07, 6.45) is 0. The van der Waals surface area contributed by atoms with Gasteiger partial charge in [-0.3, -0.25) is 9.59 Å². The molecule has 2 aromatic rings. The summed E-state index contributed by atoms with van der Waals surface area (Å²) in [4.78, 5) is 24.6. The van der Waals surface area contributed by atoms with Gasteiger partial charge in [-0.2, -0.15) is 5.26 Å². The van der Waals surface area contributed by atoms with Crippen LogP contribution in [0.3, 0.4) is 0 Å². The second kappa shape index (κ2) is 9.62. The Balaban J connectivity index is 2.18. The third kappa shape index (κ3) is 6.17. The summed E-state index contributed by atoms with van der Waals surface area (Å²) in [7, 11) is -3.95. The maximum absolute atomic E-state index is 13.8. The molecule has 7 nitrogen and oxygen atoms in total. The Morgan fingerprint density at radius 2 is 1.71 bits per heavy atom. The number of sulfone groups is 1. The van der Waals surface area contributed by atoms with Crippen LogP contribution in [0.25, 0.3) is 0 Å². The number of hydrogen-bond acceptors (Lipinski definition) is 5. The van der Waals surface area contributed by atoms with Gasteiger partial charge in [-0.15, -0.1) is 0 Å². The number of benzene rings is 2. The van der Waals surface area contributed by atoms with Crippen LogP contribution in [0.15, 0.2) is 54.6 Å². The Hall–Kier alpha value is -3.25. The van der Waals surface area contributed by atoms with Crippen LogP contribution in [0.1, 0.15) is 15.9 Å². The number of carbonyl (C=O) groups is 2. The van der Waals surface area contributed by atoms with Gasteiger partial charge in [0, 0.05) is 11.1 Å². The molecule has 0 radical (unpaired) electrons. The Labute approximate surface area is 162 Å². The van der Waals surface area contributed by atoms with Crippen LogP contribution in [-0.2, 0) is 20.4 Å². The predicted molar refractivity (Wildman–Crippen MR) is 100 cm³/mol. The van der Waals surface area contributed by atoms with E-state index in [1.54, 1.807) is 24.3 Å². The van der Waals surface area contributed by atoms with Gasteiger partial charge < -0.3 is 10.6 Å². The molecule has 0 bridgehead atoms. The average molecular weight is 403 g/mol. The first kappa shape index (κ1) is 21.1. The van der Waals surface area contributed by atoms with Crippen molar-refractivity contribution < 1.29 is 22.4 Å². The fourth-order valence-corrected chi connectivity index (χ4v) is 4.00. The number of amides is 2. The lowest BCUT2D eigenvalue weighted by atomic mass is 10.2. The Kier molecular flexibility index (Phi) is 7.23. The van der Waals surface area contributed by atoms with Gasteiger partial charge in [-0.05, 0) is 18.2 Å². The van der Waals surface area contributed by atoms with E-state index in [-0.39, 0.29) is 17.7 Å². The molecule has 0 aliphatic heterocycles. The van der Waals surface area contributed by atoms with E-state index < -0.39 is 45.0 Å². The molecule has 2 amide bonds. The minimum Gasteiger partial charge on any atom is -0.341 e. The summed E-state index contributed by atoms with van der Waals surface area (Å²) in [6, 6.07) is 13.6. The number of rotatable bonds is 8. The van der Waals surface area contributed by atoms with Crippen LogP contribution in [0, 0.1) is 17.1 Å². The van der Waals surface area contributed by atoms with Crippen molar-refractivity contribution in [2.75, 3.05) is 12.3 Å². The Morgan fingerprint density at radius 3 is 2.36 bits per heavy atom. The first-order chi connectivity index (χ1) is 13.3. The molecule has 2 rings (SSSR count). The lowest BCUT2D eigenvalue weighted by molar-refractivity contribution is -0.122. The predicted octanol–water partition coefficient (Wildman–Crippen LogP) is 1.18. The third-order valence-electron chi connectivity index (χ3n) is 3.75. The fraction of sp³-hybridized carbons (Fsp3) is 0.211. The highest BCUT2D eigenvalue weighted by Gasteiger charge is 2.28. The first-order valence-electron chi connectivity index (χ1n) is 8.27. The van der Waals surface area contributed by atoms with E-state index in [0.717, 1.165) is 6.07 Å². The zero-order valence-corrected chi connectivity index (χ0v) is 15.6. The monoisotopic (exact) mass is 403 g/mol. The summed E-state index contributed by atoms with van der Waals surface area (Å²) >= 11 is 0. The van der Waals surface area contributed by atoms with Crippen molar-refractivity contribution in [2.45, 2.75) is 11.8 Å². The number of nitriles is 1. The van der Waals surface area contributed by atoms with Crippen LogP contribution >= 0.6 is 0 Å². The van der Waals surface area contributed by atoms with Crippen LogP contribution in [0.2, 0.25) is 0 Å². The van der Waals surface area contributed by atoms with Crippen molar-refractivity contribution >= 4 is 21.7 Å². The highest BCUT2D eigenvalue weighted by molar-refractivity contribution is 7.90. The molecule has 0 aliphatic rings. The summed E-state index contributed by atoms with van der Waals surface area (Å²) in [6.45, 7) is -0.343. The minimum absolute atomic E-state index is 0.0342. The van der Waals surface area contributed by atoms with Crippen molar-refractivity contribution in [3.05, 3.63) is 71.5 Å². The van der Waals surface area contributed by atoms with Crippen LogP contribution in [-0.4, -0.2) is 38.6 Å². The minimum atomic E-state index is -3.95. The Morgan fingerprint density at radius 1 is 1.07 bits per heavy atom. The van der Waals surface area contributed by atoms with Crippen molar-refractivity contribution in [1.29, 1.82) is 5.26 Å². The van der Waals surface area contributed by atoms with E-state index >= 15 is 0 Å². The number of hydrogen-bond donors (Lipinski definition) is 2. The second-order valence-electron chi connectivity index (χ2n) is 5.91. The van der Waals surface area contributed by atoms with Gasteiger partial charge in [0.1, 0.15) is 18.4 Å². The lowest BCUT2D eigenvalue weighted by Crippen LogP contribution is -2.50. The molecule has 2 aromatic carbocycles. The van der Waals surface area contributed by atoms with E-state index in [9.17, 15) is 22.4 Å². The molecule has 0 heterocycles. The molecule has 146 valence electrons. The zero-order valence-electron chi connectivity index (χ0n) is 14.8. The van der Waals surface area contributed by atoms with Crippen molar-refractivity contribution in [3.63, 3.8) is 0 Å². The van der Waals surface area contributed by atoms with E-state index in [4.69, 9.17) is 5.26 Å². The molecular formula is C19H18FN3O4S. The normalized spacial score (nSPS) is 11.9. The van der Waals surface area contributed by atoms with Crippen LogP contribution < -0.4 is 10.6 Å². The summed E-state index contributed by atoms with van der Waals surface area (Å²) in [5.74, 6) is -3.49. The molecule has 1 unspecified atom stereocenters. The molecule has 0 fully saturated rings. The van der Waals surface area contributed by atoms with Gasteiger partial charge in [0.15, 0.2) is 9.84 Å². The quantitative estimate of drug-likeness (QED) is 0.642. The topological polar surface area (TPSA) is 116 Å². The second-order valence-corrected chi connectivity index (χ2v) is 8.02. The summed E-state index contributed by atoms with van der Waals surface area (Å²) < 4.78 is 38.8. The molecule has 0 aliphatic carbocycles. The van der Waals surface area contributed by atoms with Crippen molar-refractivity contribution in [1.82, 2.24) is 10.6 Å². The maximum atomic E-state index is 13.8. The first-order valence-corrected chi connectivity index (χ1v) is 10.1. The molecule has 0 saturated carbocycles. The summed E-state index contributed by atoms with van der Waals surface area (Å²) in [5.41, 5.74) is 0.208. The van der Waals surface area contributed by atoms with Gasteiger partial charge in [-0.1, -0.05) is 36.4 Å². The molecule has 1 atom stereocenters. The molecule has 2 N–H and O–H groups in total. The molecule has 0 saturated heterocycles. The molecule has 0 spiro atoms. The summed E-state index contributed by atoms with van der Waals surface area (Å²) in [5, 5.41) is 13.2. The van der Waals surface area contributed by atoms with Gasteiger partial charge in [0.05, 0.1) is 17.6 Å². The maximum Gasteiger partial charge on any atom is 0.251 e. The number of halogens is 1. The van der Waals surface area contributed by atoms with E-state index in [2.05, 4.69) is 10.6 Å². The van der Waals surface area contributed by atoms with Crippen LogP contribution in [0.4, 0.5) is 4.39 Å². The fourth-order valence-electron chi connectivity index (χ4n) is 2.43. The Bertz CT molecular complexity index is 988. The molecule has 0 aromatic heterocycles. The van der Waals surface area contributed by atoms with Gasteiger partial charge in [-0.25, -0.2) is 12.8 Å². The number of nitrogens with zero attached hydrogens (tertiary/aromatic N) is 1. The van der Waals surface area contributed by atoms with E-state index in [1.807, 2.05) is 0 Å². The van der Waals surface area contributed by atoms with Crippen molar-refractivity contribution in [2.24, 2.45) is 0 Å².